The molecular formula is C15H22FN3O3S. The summed E-state index contributed by atoms with van der Waals surface area (Å²) in [6, 6.07) is 5.25. The highest BCUT2D eigenvalue weighted by Gasteiger charge is 2.27. The van der Waals surface area contributed by atoms with E-state index >= 15 is 0 Å². The lowest BCUT2D eigenvalue weighted by atomic mass is 9.96. The molecule has 0 aromatic heterocycles. The molecule has 1 aromatic rings. The Bertz CT molecular complexity index is 628. The minimum atomic E-state index is -3.69. The molecule has 1 aromatic carbocycles. The summed E-state index contributed by atoms with van der Waals surface area (Å²) >= 11 is 0. The van der Waals surface area contributed by atoms with Crippen LogP contribution in [0, 0.1) is 5.82 Å². The van der Waals surface area contributed by atoms with Crippen molar-refractivity contribution >= 4 is 21.8 Å². The monoisotopic (exact) mass is 343 g/mol. The number of carbonyl (C=O) groups excluding carboxylic acids is 1. The van der Waals surface area contributed by atoms with Gasteiger partial charge in [0.2, 0.25) is 5.91 Å². The SMILES string of the molecule is CN(C1CCCCC1)S(=O)(=O)NCC(=O)Nc1ccc(F)cc1. The van der Waals surface area contributed by atoms with Gasteiger partial charge in [-0.25, -0.2) is 4.39 Å². The molecule has 23 heavy (non-hydrogen) atoms. The van der Waals surface area contributed by atoms with Gasteiger partial charge in [-0.1, -0.05) is 19.3 Å². The van der Waals surface area contributed by atoms with E-state index in [0.717, 1.165) is 32.1 Å². The number of nitrogens with one attached hydrogen (secondary N) is 2. The van der Waals surface area contributed by atoms with E-state index < -0.39 is 21.9 Å². The first kappa shape index (κ1) is 17.8. The van der Waals surface area contributed by atoms with Gasteiger partial charge in [-0.2, -0.15) is 17.4 Å². The van der Waals surface area contributed by atoms with E-state index in [1.54, 1.807) is 0 Å². The van der Waals surface area contributed by atoms with Crippen LogP contribution in [-0.4, -0.2) is 38.3 Å². The molecule has 0 heterocycles. The predicted octanol–water partition coefficient (Wildman–Crippen LogP) is 1.86. The highest BCUT2D eigenvalue weighted by molar-refractivity contribution is 7.87. The van der Waals surface area contributed by atoms with Gasteiger partial charge < -0.3 is 5.32 Å². The molecule has 1 fully saturated rings. The van der Waals surface area contributed by atoms with E-state index in [9.17, 15) is 17.6 Å². The zero-order valence-corrected chi connectivity index (χ0v) is 13.9. The molecule has 1 aliphatic rings. The average molecular weight is 343 g/mol. The molecule has 1 amide bonds. The Hall–Kier alpha value is -1.51. The Morgan fingerprint density at radius 2 is 1.83 bits per heavy atom. The fourth-order valence-corrected chi connectivity index (χ4v) is 3.76. The summed E-state index contributed by atoms with van der Waals surface area (Å²) in [5, 5.41) is 2.51. The van der Waals surface area contributed by atoms with Crippen molar-refractivity contribution < 1.29 is 17.6 Å². The van der Waals surface area contributed by atoms with Gasteiger partial charge in [0, 0.05) is 18.8 Å². The van der Waals surface area contributed by atoms with Crippen LogP contribution in [0.1, 0.15) is 32.1 Å². The number of hydrogen-bond acceptors (Lipinski definition) is 3. The summed E-state index contributed by atoms with van der Waals surface area (Å²) in [4.78, 5) is 11.8. The van der Waals surface area contributed by atoms with Crippen LogP contribution in [-0.2, 0) is 15.0 Å². The molecular weight excluding hydrogens is 321 g/mol. The van der Waals surface area contributed by atoms with Gasteiger partial charge in [0.05, 0.1) is 6.54 Å². The minimum Gasteiger partial charge on any atom is -0.325 e. The summed E-state index contributed by atoms with van der Waals surface area (Å²) in [5.41, 5.74) is 0.413. The maximum atomic E-state index is 12.8. The third-order valence-corrected chi connectivity index (χ3v) is 5.58. The van der Waals surface area contributed by atoms with Crippen LogP contribution < -0.4 is 10.0 Å². The second-order valence-corrected chi connectivity index (χ2v) is 7.50. The summed E-state index contributed by atoms with van der Waals surface area (Å²) in [7, 11) is -2.15. The normalized spacial score (nSPS) is 16.5. The van der Waals surface area contributed by atoms with Crippen LogP contribution in [0.25, 0.3) is 0 Å². The van der Waals surface area contributed by atoms with Crippen LogP contribution in [0.15, 0.2) is 24.3 Å². The molecule has 0 aliphatic heterocycles. The molecule has 2 rings (SSSR count). The van der Waals surface area contributed by atoms with Crippen LogP contribution in [0.4, 0.5) is 10.1 Å². The zero-order chi connectivity index (χ0) is 16.9. The summed E-state index contributed by atoms with van der Waals surface area (Å²) in [6.45, 7) is -0.364. The van der Waals surface area contributed by atoms with Gasteiger partial charge in [0.25, 0.3) is 10.2 Å². The molecule has 1 aliphatic carbocycles. The Balaban J connectivity index is 1.85. The quantitative estimate of drug-likeness (QED) is 0.827. The Morgan fingerprint density at radius 3 is 2.43 bits per heavy atom. The highest BCUT2D eigenvalue weighted by atomic mass is 32.2. The van der Waals surface area contributed by atoms with E-state index in [0.29, 0.717) is 5.69 Å². The van der Waals surface area contributed by atoms with Gasteiger partial charge in [0.15, 0.2) is 0 Å². The second-order valence-electron chi connectivity index (χ2n) is 5.69. The van der Waals surface area contributed by atoms with Crippen molar-refractivity contribution in [2.75, 3.05) is 18.9 Å². The maximum absolute atomic E-state index is 12.8. The second kappa shape index (κ2) is 7.85. The van der Waals surface area contributed by atoms with Gasteiger partial charge in [-0.15, -0.1) is 0 Å². The summed E-state index contributed by atoms with van der Waals surface area (Å²) in [6.07, 6.45) is 4.88. The maximum Gasteiger partial charge on any atom is 0.279 e. The summed E-state index contributed by atoms with van der Waals surface area (Å²) in [5.74, 6) is -0.907. The Labute approximate surface area is 136 Å². The number of nitrogens with zero attached hydrogens (tertiary/aromatic N) is 1. The van der Waals surface area contributed by atoms with Crippen LogP contribution in [0.2, 0.25) is 0 Å². The van der Waals surface area contributed by atoms with Gasteiger partial charge in [-0.05, 0) is 37.1 Å². The molecule has 0 radical (unpaired) electrons. The molecule has 0 bridgehead atoms. The lowest BCUT2D eigenvalue weighted by Gasteiger charge is -2.30. The van der Waals surface area contributed by atoms with Crippen LogP contribution >= 0.6 is 0 Å². The average Bonchev–Trinajstić information content (AvgIpc) is 2.55. The van der Waals surface area contributed by atoms with Crippen molar-refractivity contribution in [1.82, 2.24) is 9.03 Å². The molecule has 1 saturated carbocycles. The number of amides is 1. The molecule has 0 atom stereocenters. The number of rotatable bonds is 6. The lowest BCUT2D eigenvalue weighted by molar-refractivity contribution is -0.115. The third-order valence-electron chi connectivity index (χ3n) is 4.01. The van der Waals surface area contributed by atoms with Crippen molar-refractivity contribution in [3.63, 3.8) is 0 Å². The zero-order valence-electron chi connectivity index (χ0n) is 13.1. The van der Waals surface area contributed by atoms with Crippen molar-refractivity contribution in [3.05, 3.63) is 30.1 Å². The van der Waals surface area contributed by atoms with Gasteiger partial charge >= 0.3 is 0 Å². The number of carbonyl (C=O) groups is 1. The molecule has 128 valence electrons. The van der Waals surface area contributed by atoms with E-state index in [1.165, 1.54) is 35.6 Å². The number of anilines is 1. The van der Waals surface area contributed by atoms with Crippen LogP contribution in [0.3, 0.4) is 0 Å². The first-order valence-corrected chi connectivity index (χ1v) is 9.10. The molecule has 0 unspecified atom stereocenters. The standard InChI is InChI=1S/C15H22FN3O3S/c1-19(14-5-3-2-4-6-14)23(21,22)17-11-15(20)18-13-9-7-12(16)8-10-13/h7-10,14,17H,2-6,11H2,1H3,(H,18,20). The highest BCUT2D eigenvalue weighted by Crippen LogP contribution is 2.22. The predicted molar refractivity (Wildman–Crippen MR) is 86.6 cm³/mol. The summed E-state index contributed by atoms with van der Waals surface area (Å²) < 4.78 is 40.8. The van der Waals surface area contributed by atoms with E-state index in [1.807, 2.05) is 0 Å². The van der Waals surface area contributed by atoms with Crippen molar-refractivity contribution in [2.45, 2.75) is 38.1 Å². The molecule has 2 N–H and O–H groups in total. The van der Waals surface area contributed by atoms with Gasteiger partial charge in [0.1, 0.15) is 5.82 Å². The molecule has 6 nitrogen and oxygen atoms in total. The van der Waals surface area contributed by atoms with Crippen molar-refractivity contribution in [2.24, 2.45) is 0 Å². The first-order chi connectivity index (χ1) is 10.9. The van der Waals surface area contributed by atoms with Crippen molar-refractivity contribution in [3.8, 4) is 0 Å². The fraction of sp³-hybridized carbons (Fsp3) is 0.533. The van der Waals surface area contributed by atoms with E-state index in [2.05, 4.69) is 10.0 Å². The van der Waals surface area contributed by atoms with Gasteiger partial charge in [-0.3, -0.25) is 4.79 Å². The topological polar surface area (TPSA) is 78.5 Å². The number of hydrogen-bond donors (Lipinski definition) is 2. The third kappa shape index (κ3) is 5.26. The largest absolute Gasteiger partial charge is 0.325 e. The van der Waals surface area contributed by atoms with Crippen molar-refractivity contribution in [1.29, 1.82) is 0 Å². The minimum absolute atomic E-state index is 0.0126. The smallest absolute Gasteiger partial charge is 0.279 e. The molecule has 8 heteroatoms. The van der Waals surface area contributed by atoms with Crippen LogP contribution in [0.5, 0.6) is 0 Å². The lowest BCUT2D eigenvalue weighted by Crippen LogP contribution is -2.46. The molecule has 0 spiro atoms. The molecule has 0 saturated heterocycles. The van der Waals surface area contributed by atoms with E-state index in [-0.39, 0.29) is 12.6 Å². The number of benzene rings is 1. The van der Waals surface area contributed by atoms with E-state index in [4.69, 9.17) is 0 Å². The Morgan fingerprint density at radius 1 is 1.22 bits per heavy atom. The Kier molecular flexibility index (Phi) is 6.09. The first-order valence-electron chi connectivity index (χ1n) is 7.66. The number of halogens is 1. The fourth-order valence-electron chi connectivity index (χ4n) is 2.64.